The van der Waals surface area contributed by atoms with Crippen molar-refractivity contribution in [1.82, 2.24) is 19.7 Å². The zero-order valence-corrected chi connectivity index (χ0v) is 15.9. The number of carbonyl (C=O) groups excluding carboxylic acids is 2. The molecule has 0 bridgehead atoms. The van der Waals surface area contributed by atoms with Crippen LogP contribution in [0.15, 0.2) is 54.6 Å². The second-order valence-corrected chi connectivity index (χ2v) is 6.42. The molecule has 4 rings (SSSR count). The van der Waals surface area contributed by atoms with Crippen LogP contribution in [0.25, 0.3) is 27.9 Å². The quantitative estimate of drug-likeness (QED) is 0.483. The van der Waals surface area contributed by atoms with Crippen molar-refractivity contribution in [1.29, 1.82) is 0 Å². The van der Waals surface area contributed by atoms with Gasteiger partial charge in [0.2, 0.25) is 0 Å². The van der Waals surface area contributed by atoms with Gasteiger partial charge in [0.25, 0.3) is 0 Å². The van der Waals surface area contributed by atoms with E-state index in [0.29, 0.717) is 27.9 Å². The molecule has 0 spiro atoms. The normalized spacial score (nSPS) is 12.1. The Morgan fingerprint density at radius 2 is 1.59 bits per heavy atom. The fraction of sp³-hybridized carbons (Fsp3) is 0.190. The molecule has 0 aliphatic heterocycles. The van der Waals surface area contributed by atoms with E-state index >= 15 is 0 Å². The Morgan fingerprint density at radius 1 is 0.931 bits per heavy atom. The van der Waals surface area contributed by atoms with Crippen molar-refractivity contribution in [2.45, 2.75) is 20.0 Å². The van der Waals surface area contributed by atoms with Crippen molar-refractivity contribution in [2.75, 3.05) is 6.61 Å². The van der Waals surface area contributed by atoms with Crippen LogP contribution in [-0.2, 0) is 19.1 Å². The van der Waals surface area contributed by atoms with Gasteiger partial charge in [0.05, 0.1) is 16.7 Å². The number of para-hydroxylation sites is 3. The summed E-state index contributed by atoms with van der Waals surface area (Å²) in [6, 6.07) is 16.9. The lowest BCUT2D eigenvalue weighted by molar-refractivity contribution is -0.156. The molecular weight excluding hydrogens is 372 g/mol. The Bertz CT molecular complexity index is 1200. The van der Waals surface area contributed by atoms with Gasteiger partial charge in [-0.25, -0.2) is 14.6 Å². The van der Waals surface area contributed by atoms with E-state index in [1.165, 1.54) is 13.8 Å². The highest BCUT2D eigenvalue weighted by Crippen LogP contribution is 2.28. The number of esters is 2. The number of hydrogen-bond donors (Lipinski definition) is 0. The zero-order chi connectivity index (χ0) is 20.4. The lowest BCUT2D eigenvalue weighted by Gasteiger charge is -2.14. The second-order valence-electron chi connectivity index (χ2n) is 6.42. The van der Waals surface area contributed by atoms with E-state index < -0.39 is 18.0 Å². The summed E-state index contributed by atoms with van der Waals surface area (Å²) in [6.07, 6.45) is -0.903. The van der Waals surface area contributed by atoms with Crippen molar-refractivity contribution in [3.63, 3.8) is 0 Å². The van der Waals surface area contributed by atoms with Gasteiger partial charge in [0.15, 0.2) is 11.8 Å². The summed E-state index contributed by atoms with van der Waals surface area (Å²) < 4.78 is 12.1. The smallest absolute Gasteiger partial charge is 0.303 e. The SMILES string of the molecule is CC(=O)OC[C@@H](OC(C)=O)c1nn(-c2ccccc2)c2nc3ccccc3nc12. The van der Waals surface area contributed by atoms with Crippen LogP contribution in [0.5, 0.6) is 0 Å². The molecule has 0 unspecified atom stereocenters. The number of aromatic nitrogens is 4. The Balaban J connectivity index is 1.95. The largest absolute Gasteiger partial charge is 0.461 e. The van der Waals surface area contributed by atoms with Gasteiger partial charge in [-0.05, 0) is 24.3 Å². The first-order valence-corrected chi connectivity index (χ1v) is 9.04. The summed E-state index contributed by atoms with van der Waals surface area (Å²) in [5.74, 6) is -0.996. The maximum absolute atomic E-state index is 11.7. The van der Waals surface area contributed by atoms with Crippen LogP contribution in [0.2, 0.25) is 0 Å². The Kier molecular flexibility index (Phi) is 4.90. The standard InChI is InChI=1S/C21H18N4O4/c1-13(26)28-12-18(29-14(2)27)19-20-21(23-17-11-7-6-10-16(17)22-20)25(24-19)15-8-4-3-5-9-15/h3-11,18H,12H2,1-2H3/t18-/m1/s1. The molecule has 0 amide bonds. The average molecular weight is 390 g/mol. The fourth-order valence-corrected chi connectivity index (χ4v) is 3.04. The number of nitrogens with zero attached hydrogens (tertiary/aromatic N) is 4. The van der Waals surface area contributed by atoms with Gasteiger partial charge in [0.1, 0.15) is 17.8 Å². The number of fused-ring (bicyclic) bond motifs is 2. The lowest BCUT2D eigenvalue weighted by atomic mass is 10.2. The van der Waals surface area contributed by atoms with Crippen LogP contribution in [0.4, 0.5) is 0 Å². The molecule has 29 heavy (non-hydrogen) atoms. The van der Waals surface area contributed by atoms with Crippen LogP contribution in [-0.4, -0.2) is 38.3 Å². The molecule has 2 aromatic carbocycles. The van der Waals surface area contributed by atoms with E-state index in [9.17, 15) is 9.59 Å². The van der Waals surface area contributed by atoms with Crippen molar-refractivity contribution in [3.05, 3.63) is 60.3 Å². The van der Waals surface area contributed by atoms with Gasteiger partial charge in [-0.1, -0.05) is 30.3 Å². The van der Waals surface area contributed by atoms with E-state index in [1.54, 1.807) is 4.68 Å². The third kappa shape index (κ3) is 3.77. The van der Waals surface area contributed by atoms with Crippen LogP contribution in [0.3, 0.4) is 0 Å². The van der Waals surface area contributed by atoms with Crippen LogP contribution in [0.1, 0.15) is 25.6 Å². The third-order valence-electron chi connectivity index (χ3n) is 4.26. The molecule has 8 nitrogen and oxygen atoms in total. The topological polar surface area (TPSA) is 96.2 Å². The molecule has 0 N–H and O–H groups in total. The van der Waals surface area contributed by atoms with Crippen molar-refractivity contribution < 1.29 is 19.1 Å². The molecule has 2 heterocycles. The summed E-state index contributed by atoms with van der Waals surface area (Å²) >= 11 is 0. The Morgan fingerprint density at radius 3 is 2.24 bits per heavy atom. The molecule has 2 aromatic heterocycles. The summed E-state index contributed by atoms with van der Waals surface area (Å²) in [4.78, 5) is 32.4. The molecule has 146 valence electrons. The van der Waals surface area contributed by atoms with E-state index in [-0.39, 0.29) is 6.61 Å². The molecule has 0 saturated carbocycles. The summed E-state index contributed by atoms with van der Waals surface area (Å²) in [7, 11) is 0. The maximum atomic E-state index is 11.7. The van der Waals surface area contributed by atoms with Gasteiger partial charge < -0.3 is 9.47 Å². The molecule has 8 heteroatoms. The Hall–Kier alpha value is -3.81. The van der Waals surface area contributed by atoms with Crippen molar-refractivity contribution in [2.24, 2.45) is 0 Å². The summed E-state index contributed by atoms with van der Waals surface area (Å²) in [5.41, 5.74) is 3.55. The number of benzene rings is 2. The lowest BCUT2D eigenvalue weighted by Crippen LogP contribution is -2.17. The van der Waals surface area contributed by atoms with Crippen molar-refractivity contribution in [3.8, 4) is 5.69 Å². The minimum absolute atomic E-state index is 0.162. The van der Waals surface area contributed by atoms with Gasteiger partial charge in [-0.2, -0.15) is 5.10 Å². The van der Waals surface area contributed by atoms with E-state index in [0.717, 1.165) is 5.69 Å². The first-order chi connectivity index (χ1) is 14.0. The second kappa shape index (κ2) is 7.67. The molecule has 4 aromatic rings. The molecule has 0 aliphatic carbocycles. The molecule has 0 saturated heterocycles. The molecule has 0 aliphatic rings. The third-order valence-corrected chi connectivity index (χ3v) is 4.26. The molecule has 0 radical (unpaired) electrons. The highest BCUT2D eigenvalue weighted by Gasteiger charge is 2.26. The molecular formula is C21H18N4O4. The first-order valence-electron chi connectivity index (χ1n) is 9.04. The number of hydrogen-bond acceptors (Lipinski definition) is 7. The minimum Gasteiger partial charge on any atom is -0.461 e. The first kappa shape index (κ1) is 18.5. The number of carbonyl (C=O) groups is 2. The summed E-state index contributed by atoms with van der Waals surface area (Å²) in [5, 5.41) is 4.64. The monoisotopic (exact) mass is 390 g/mol. The average Bonchev–Trinajstić information content (AvgIpc) is 3.08. The van der Waals surface area contributed by atoms with Crippen LogP contribution < -0.4 is 0 Å². The van der Waals surface area contributed by atoms with Crippen molar-refractivity contribution >= 4 is 34.1 Å². The zero-order valence-electron chi connectivity index (χ0n) is 15.9. The van der Waals surface area contributed by atoms with E-state index in [1.807, 2.05) is 54.6 Å². The summed E-state index contributed by atoms with van der Waals surface area (Å²) in [6.45, 7) is 2.42. The van der Waals surface area contributed by atoms with Gasteiger partial charge in [-0.15, -0.1) is 0 Å². The van der Waals surface area contributed by atoms with E-state index in [4.69, 9.17) is 19.4 Å². The fourth-order valence-electron chi connectivity index (χ4n) is 3.04. The van der Waals surface area contributed by atoms with Crippen LogP contribution in [0, 0.1) is 0 Å². The predicted octanol–water partition coefficient (Wildman–Crippen LogP) is 3.14. The van der Waals surface area contributed by atoms with Gasteiger partial charge in [0, 0.05) is 13.8 Å². The Labute approximate surface area is 166 Å². The molecule has 0 fully saturated rings. The number of rotatable bonds is 5. The highest BCUT2D eigenvalue weighted by molar-refractivity contribution is 5.87. The minimum atomic E-state index is -0.903. The number of ether oxygens (including phenoxy) is 2. The van der Waals surface area contributed by atoms with Gasteiger partial charge >= 0.3 is 11.9 Å². The van der Waals surface area contributed by atoms with E-state index in [2.05, 4.69) is 5.10 Å². The molecule has 1 atom stereocenters. The highest BCUT2D eigenvalue weighted by atomic mass is 16.6. The predicted molar refractivity (Wildman–Crippen MR) is 105 cm³/mol. The van der Waals surface area contributed by atoms with Gasteiger partial charge in [-0.3, -0.25) is 9.59 Å². The van der Waals surface area contributed by atoms with Crippen LogP contribution >= 0.6 is 0 Å². The maximum Gasteiger partial charge on any atom is 0.303 e.